The monoisotopic (exact) mass is 397 g/mol. The molecule has 4 aromatic rings. The van der Waals surface area contributed by atoms with E-state index in [-0.39, 0.29) is 11.9 Å². The van der Waals surface area contributed by atoms with Gasteiger partial charge in [-0.2, -0.15) is 0 Å². The molecule has 0 aliphatic carbocycles. The molecule has 0 fully saturated rings. The molecule has 0 radical (unpaired) electrons. The summed E-state index contributed by atoms with van der Waals surface area (Å²) in [6, 6.07) is 19.8. The van der Waals surface area contributed by atoms with Crippen molar-refractivity contribution in [2.75, 3.05) is 5.32 Å². The molecule has 1 amide bonds. The van der Waals surface area contributed by atoms with Crippen molar-refractivity contribution in [3.63, 3.8) is 0 Å². The fraction of sp³-hybridized carbons (Fsp3) is 0.167. The number of hydrogen-bond acceptors (Lipinski definition) is 5. The molecular formula is C24H23N5O. The van der Waals surface area contributed by atoms with Crippen molar-refractivity contribution in [1.82, 2.24) is 19.9 Å². The van der Waals surface area contributed by atoms with Crippen LogP contribution in [-0.2, 0) is 6.54 Å². The highest BCUT2D eigenvalue weighted by Crippen LogP contribution is 2.23. The summed E-state index contributed by atoms with van der Waals surface area (Å²) in [6.45, 7) is 4.52. The van der Waals surface area contributed by atoms with Crippen molar-refractivity contribution in [3.05, 3.63) is 90.5 Å². The van der Waals surface area contributed by atoms with Crippen molar-refractivity contribution in [3.8, 4) is 0 Å². The van der Waals surface area contributed by atoms with Gasteiger partial charge in [0.1, 0.15) is 11.5 Å². The quantitative estimate of drug-likeness (QED) is 0.505. The molecule has 1 N–H and O–H groups in total. The Hall–Kier alpha value is -3.80. The van der Waals surface area contributed by atoms with E-state index in [4.69, 9.17) is 0 Å². The lowest BCUT2D eigenvalue weighted by molar-refractivity contribution is 0.0684. The third-order valence-electron chi connectivity index (χ3n) is 4.85. The third-order valence-corrected chi connectivity index (χ3v) is 4.85. The molecule has 30 heavy (non-hydrogen) atoms. The molecule has 150 valence electrons. The molecule has 0 aliphatic heterocycles. The highest BCUT2D eigenvalue weighted by atomic mass is 16.2. The van der Waals surface area contributed by atoms with Crippen molar-refractivity contribution in [2.45, 2.75) is 26.4 Å². The maximum atomic E-state index is 13.0. The van der Waals surface area contributed by atoms with Crippen LogP contribution in [0.4, 0.5) is 11.5 Å². The zero-order chi connectivity index (χ0) is 20.9. The summed E-state index contributed by atoms with van der Waals surface area (Å²) < 4.78 is 0. The van der Waals surface area contributed by atoms with E-state index in [1.165, 1.54) is 6.20 Å². The Bertz CT molecular complexity index is 1140. The van der Waals surface area contributed by atoms with E-state index in [9.17, 15) is 4.79 Å². The average molecular weight is 397 g/mol. The minimum absolute atomic E-state index is 0.0408. The van der Waals surface area contributed by atoms with Gasteiger partial charge in [-0.3, -0.25) is 9.78 Å². The number of anilines is 2. The number of carbonyl (C=O) groups is 1. The number of rotatable bonds is 6. The lowest BCUT2D eigenvalue weighted by Gasteiger charge is -2.26. The van der Waals surface area contributed by atoms with Crippen LogP contribution in [0.1, 0.15) is 29.9 Å². The van der Waals surface area contributed by atoms with Crippen LogP contribution >= 0.6 is 0 Å². The molecular weight excluding hydrogens is 374 g/mol. The molecule has 2 aromatic heterocycles. The molecule has 6 heteroatoms. The van der Waals surface area contributed by atoms with Gasteiger partial charge in [0.15, 0.2) is 0 Å². The lowest BCUT2D eigenvalue weighted by Crippen LogP contribution is -2.36. The van der Waals surface area contributed by atoms with E-state index < -0.39 is 0 Å². The van der Waals surface area contributed by atoms with Crippen molar-refractivity contribution >= 4 is 28.3 Å². The van der Waals surface area contributed by atoms with Crippen LogP contribution in [0.3, 0.4) is 0 Å². The molecule has 0 unspecified atom stereocenters. The SMILES string of the molecule is CC(C)N(Cc1ccccc1)C(=O)c1cnc(Nc2cccc3cccnc23)cn1. The van der Waals surface area contributed by atoms with Gasteiger partial charge in [0.05, 0.1) is 23.6 Å². The molecule has 0 saturated carbocycles. The highest BCUT2D eigenvalue weighted by Gasteiger charge is 2.20. The van der Waals surface area contributed by atoms with Gasteiger partial charge in [0, 0.05) is 24.2 Å². The smallest absolute Gasteiger partial charge is 0.274 e. The van der Waals surface area contributed by atoms with Crippen LogP contribution in [-0.4, -0.2) is 31.8 Å². The van der Waals surface area contributed by atoms with Gasteiger partial charge < -0.3 is 10.2 Å². The topological polar surface area (TPSA) is 71.0 Å². The van der Waals surface area contributed by atoms with Crippen LogP contribution in [0.5, 0.6) is 0 Å². The number of amides is 1. The number of pyridine rings is 1. The molecule has 0 atom stereocenters. The van der Waals surface area contributed by atoms with Gasteiger partial charge in [0.25, 0.3) is 5.91 Å². The Morgan fingerprint density at radius 1 is 0.933 bits per heavy atom. The van der Waals surface area contributed by atoms with Gasteiger partial charge in [0.2, 0.25) is 0 Å². The first-order valence-electron chi connectivity index (χ1n) is 9.89. The Morgan fingerprint density at radius 3 is 2.47 bits per heavy atom. The van der Waals surface area contributed by atoms with Crippen molar-refractivity contribution < 1.29 is 4.79 Å². The Kier molecular flexibility index (Phi) is 5.66. The number of benzene rings is 2. The second kappa shape index (κ2) is 8.69. The van der Waals surface area contributed by atoms with Crippen LogP contribution in [0.25, 0.3) is 10.9 Å². The Morgan fingerprint density at radius 2 is 1.73 bits per heavy atom. The summed E-state index contributed by atoms with van der Waals surface area (Å²) in [4.78, 5) is 28.0. The largest absolute Gasteiger partial charge is 0.337 e. The third kappa shape index (κ3) is 4.27. The number of aromatic nitrogens is 3. The molecule has 0 spiro atoms. The van der Waals surface area contributed by atoms with Crippen molar-refractivity contribution in [1.29, 1.82) is 0 Å². The first kappa shape index (κ1) is 19.5. The Labute approximate surface area is 175 Å². The van der Waals surface area contributed by atoms with Crippen LogP contribution in [0, 0.1) is 0 Å². The second-order valence-electron chi connectivity index (χ2n) is 7.30. The maximum absolute atomic E-state index is 13.0. The minimum Gasteiger partial charge on any atom is -0.337 e. The summed E-state index contributed by atoms with van der Waals surface area (Å²) in [5.74, 6) is 0.420. The number of nitrogens with one attached hydrogen (secondary N) is 1. The summed E-state index contributed by atoms with van der Waals surface area (Å²) in [5, 5.41) is 4.28. The summed E-state index contributed by atoms with van der Waals surface area (Å²) >= 11 is 0. The highest BCUT2D eigenvalue weighted by molar-refractivity contribution is 5.93. The Balaban J connectivity index is 1.52. The molecule has 0 bridgehead atoms. The summed E-state index contributed by atoms with van der Waals surface area (Å²) in [6.07, 6.45) is 4.85. The second-order valence-corrected chi connectivity index (χ2v) is 7.30. The number of fused-ring (bicyclic) bond motifs is 1. The summed E-state index contributed by atoms with van der Waals surface area (Å²) in [5.41, 5.74) is 3.10. The molecule has 0 aliphatic rings. The van der Waals surface area contributed by atoms with E-state index in [1.807, 2.05) is 74.5 Å². The van der Waals surface area contributed by atoms with Crippen LogP contribution in [0.2, 0.25) is 0 Å². The first-order chi connectivity index (χ1) is 14.6. The number of hydrogen-bond donors (Lipinski definition) is 1. The summed E-state index contributed by atoms with van der Waals surface area (Å²) in [7, 11) is 0. The molecule has 6 nitrogen and oxygen atoms in total. The van der Waals surface area contributed by atoms with Gasteiger partial charge in [-0.25, -0.2) is 9.97 Å². The van der Waals surface area contributed by atoms with Gasteiger partial charge >= 0.3 is 0 Å². The zero-order valence-corrected chi connectivity index (χ0v) is 17.0. The molecule has 2 heterocycles. The van der Waals surface area contributed by atoms with E-state index in [0.717, 1.165) is 22.2 Å². The van der Waals surface area contributed by atoms with Crippen molar-refractivity contribution in [2.24, 2.45) is 0 Å². The normalized spacial score (nSPS) is 10.9. The van der Waals surface area contributed by atoms with Gasteiger partial charge in [-0.15, -0.1) is 0 Å². The van der Waals surface area contributed by atoms with Crippen LogP contribution < -0.4 is 5.32 Å². The number of nitrogens with zero attached hydrogens (tertiary/aromatic N) is 4. The van der Waals surface area contributed by atoms with E-state index in [2.05, 4.69) is 20.3 Å². The fourth-order valence-electron chi connectivity index (χ4n) is 3.26. The van der Waals surface area contributed by atoms with E-state index in [1.54, 1.807) is 17.3 Å². The predicted octanol–water partition coefficient (Wildman–Crippen LogP) is 4.82. The van der Waals surface area contributed by atoms with E-state index in [0.29, 0.717) is 18.1 Å². The predicted molar refractivity (Wildman–Crippen MR) is 119 cm³/mol. The average Bonchev–Trinajstić information content (AvgIpc) is 2.78. The molecule has 4 rings (SSSR count). The van der Waals surface area contributed by atoms with Crippen LogP contribution in [0.15, 0.2) is 79.3 Å². The number of carbonyl (C=O) groups excluding carboxylic acids is 1. The molecule has 2 aromatic carbocycles. The maximum Gasteiger partial charge on any atom is 0.274 e. The van der Waals surface area contributed by atoms with E-state index >= 15 is 0 Å². The van der Waals surface area contributed by atoms with Gasteiger partial charge in [-0.1, -0.05) is 48.5 Å². The van der Waals surface area contributed by atoms with Gasteiger partial charge in [-0.05, 0) is 31.5 Å². The zero-order valence-electron chi connectivity index (χ0n) is 17.0. The lowest BCUT2D eigenvalue weighted by atomic mass is 10.2. The fourth-order valence-corrected chi connectivity index (χ4v) is 3.26. The molecule has 0 saturated heterocycles. The number of para-hydroxylation sites is 1. The standard InChI is InChI=1S/C24H23N5O/c1-17(2)29(16-18-8-4-3-5-9-18)24(30)21-14-27-22(15-26-21)28-20-12-6-10-19-11-7-13-25-23(19)20/h3-15,17H,16H2,1-2H3,(H,27,28). The first-order valence-corrected chi connectivity index (χ1v) is 9.89. The minimum atomic E-state index is -0.139.